The molecule has 0 aliphatic heterocycles. The second-order valence-electron chi connectivity index (χ2n) is 4.59. The number of aromatic nitrogens is 2. The summed E-state index contributed by atoms with van der Waals surface area (Å²) in [6, 6.07) is 6.26. The first-order chi connectivity index (χ1) is 9.34. The van der Waals surface area contributed by atoms with E-state index >= 15 is 0 Å². The SMILES string of the molecule is CCn1nc(C)cc1C(N)c1ccccc1C(F)(F)F. The molecule has 0 radical (unpaired) electrons. The van der Waals surface area contributed by atoms with E-state index < -0.39 is 17.8 Å². The zero-order valence-electron chi connectivity index (χ0n) is 11.3. The van der Waals surface area contributed by atoms with Gasteiger partial charge in [-0.15, -0.1) is 0 Å². The Bertz CT molecular complexity index is 602. The summed E-state index contributed by atoms with van der Waals surface area (Å²) < 4.78 is 40.7. The highest BCUT2D eigenvalue weighted by Gasteiger charge is 2.35. The minimum Gasteiger partial charge on any atom is -0.319 e. The van der Waals surface area contributed by atoms with Gasteiger partial charge in [0.05, 0.1) is 23.0 Å². The van der Waals surface area contributed by atoms with Crippen molar-refractivity contribution in [3.8, 4) is 0 Å². The second kappa shape index (κ2) is 5.28. The molecule has 1 aromatic carbocycles. The third-order valence-electron chi connectivity index (χ3n) is 3.15. The maximum atomic E-state index is 13.0. The second-order valence-corrected chi connectivity index (χ2v) is 4.59. The van der Waals surface area contributed by atoms with Crippen LogP contribution in [0, 0.1) is 6.92 Å². The van der Waals surface area contributed by atoms with Gasteiger partial charge in [0.1, 0.15) is 0 Å². The van der Waals surface area contributed by atoms with Gasteiger partial charge in [-0.2, -0.15) is 18.3 Å². The van der Waals surface area contributed by atoms with E-state index in [4.69, 9.17) is 5.73 Å². The standard InChI is InChI=1S/C14H16F3N3/c1-3-20-12(8-9(2)19-20)13(18)10-6-4-5-7-11(10)14(15,16)17/h4-8,13H,3,18H2,1-2H3. The Morgan fingerprint density at radius 2 is 1.95 bits per heavy atom. The molecule has 2 rings (SSSR count). The van der Waals surface area contributed by atoms with Gasteiger partial charge in [0.2, 0.25) is 0 Å². The van der Waals surface area contributed by atoms with Crippen LogP contribution in [0.5, 0.6) is 0 Å². The van der Waals surface area contributed by atoms with Gasteiger partial charge in [0.15, 0.2) is 0 Å². The van der Waals surface area contributed by atoms with E-state index in [9.17, 15) is 13.2 Å². The van der Waals surface area contributed by atoms with Crippen LogP contribution in [-0.2, 0) is 12.7 Å². The fourth-order valence-electron chi connectivity index (χ4n) is 2.25. The molecule has 2 N–H and O–H groups in total. The molecule has 1 atom stereocenters. The van der Waals surface area contributed by atoms with Gasteiger partial charge in [-0.25, -0.2) is 0 Å². The van der Waals surface area contributed by atoms with Crippen molar-refractivity contribution in [3.63, 3.8) is 0 Å². The Balaban J connectivity index is 2.51. The van der Waals surface area contributed by atoms with E-state index in [2.05, 4.69) is 5.10 Å². The Kier molecular flexibility index (Phi) is 3.85. The Hall–Kier alpha value is -1.82. The highest BCUT2D eigenvalue weighted by molar-refractivity contribution is 5.37. The van der Waals surface area contributed by atoms with Crippen LogP contribution in [0.1, 0.15) is 35.5 Å². The van der Waals surface area contributed by atoms with Gasteiger partial charge < -0.3 is 5.73 Å². The van der Waals surface area contributed by atoms with E-state index in [-0.39, 0.29) is 5.56 Å². The molecule has 0 spiro atoms. The van der Waals surface area contributed by atoms with E-state index in [1.54, 1.807) is 23.7 Å². The van der Waals surface area contributed by atoms with Crippen molar-refractivity contribution in [1.29, 1.82) is 0 Å². The maximum absolute atomic E-state index is 13.0. The van der Waals surface area contributed by atoms with Crippen LogP contribution < -0.4 is 5.73 Å². The van der Waals surface area contributed by atoms with Crippen molar-refractivity contribution in [2.45, 2.75) is 32.6 Å². The Morgan fingerprint density at radius 1 is 1.30 bits per heavy atom. The number of rotatable bonds is 3. The van der Waals surface area contributed by atoms with Crippen LogP contribution in [0.2, 0.25) is 0 Å². The largest absolute Gasteiger partial charge is 0.416 e. The van der Waals surface area contributed by atoms with Gasteiger partial charge in [-0.3, -0.25) is 4.68 Å². The zero-order valence-corrected chi connectivity index (χ0v) is 11.3. The third-order valence-corrected chi connectivity index (χ3v) is 3.15. The van der Waals surface area contributed by atoms with Gasteiger partial charge >= 0.3 is 6.18 Å². The number of nitrogens with two attached hydrogens (primary N) is 1. The van der Waals surface area contributed by atoms with Crippen molar-refractivity contribution < 1.29 is 13.2 Å². The van der Waals surface area contributed by atoms with E-state index in [0.717, 1.165) is 11.8 Å². The Morgan fingerprint density at radius 3 is 2.55 bits per heavy atom. The molecule has 1 heterocycles. The predicted octanol–water partition coefficient (Wildman–Crippen LogP) is 3.28. The van der Waals surface area contributed by atoms with Gasteiger partial charge in [-0.1, -0.05) is 18.2 Å². The minimum absolute atomic E-state index is 0.0644. The first kappa shape index (κ1) is 14.6. The average molecular weight is 283 g/mol. The molecule has 6 heteroatoms. The lowest BCUT2D eigenvalue weighted by Crippen LogP contribution is -2.21. The summed E-state index contributed by atoms with van der Waals surface area (Å²) in [6.45, 7) is 4.22. The number of halogens is 3. The molecule has 3 nitrogen and oxygen atoms in total. The molecule has 0 aliphatic rings. The molecule has 1 unspecified atom stereocenters. The van der Waals surface area contributed by atoms with Crippen LogP contribution in [0.4, 0.5) is 13.2 Å². The molecular formula is C14H16F3N3. The maximum Gasteiger partial charge on any atom is 0.416 e. The van der Waals surface area contributed by atoms with Crippen molar-refractivity contribution in [2.24, 2.45) is 5.73 Å². The summed E-state index contributed by atoms with van der Waals surface area (Å²) >= 11 is 0. The number of hydrogen-bond donors (Lipinski definition) is 1. The fraction of sp³-hybridized carbons (Fsp3) is 0.357. The first-order valence-corrected chi connectivity index (χ1v) is 6.30. The fourth-order valence-corrected chi connectivity index (χ4v) is 2.25. The summed E-state index contributed by atoms with van der Waals surface area (Å²) in [5, 5.41) is 4.22. The monoisotopic (exact) mass is 283 g/mol. The number of benzene rings is 1. The normalized spacial score (nSPS) is 13.5. The Labute approximate surface area is 115 Å². The van der Waals surface area contributed by atoms with Crippen molar-refractivity contribution >= 4 is 0 Å². The van der Waals surface area contributed by atoms with Gasteiger partial charge in [-0.05, 0) is 31.5 Å². The lowest BCUT2D eigenvalue weighted by Gasteiger charge is -2.19. The third kappa shape index (κ3) is 2.70. The van der Waals surface area contributed by atoms with Crippen molar-refractivity contribution in [2.75, 3.05) is 0 Å². The number of hydrogen-bond acceptors (Lipinski definition) is 2. The lowest BCUT2D eigenvalue weighted by molar-refractivity contribution is -0.138. The predicted molar refractivity (Wildman–Crippen MR) is 70.1 cm³/mol. The topological polar surface area (TPSA) is 43.8 Å². The lowest BCUT2D eigenvalue weighted by atomic mass is 9.98. The molecular weight excluding hydrogens is 267 g/mol. The molecule has 0 aliphatic carbocycles. The highest BCUT2D eigenvalue weighted by atomic mass is 19.4. The van der Waals surface area contributed by atoms with Crippen molar-refractivity contribution in [1.82, 2.24) is 9.78 Å². The van der Waals surface area contributed by atoms with Crippen LogP contribution in [0.3, 0.4) is 0 Å². The van der Waals surface area contributed by atoms with Crippen LogP contribution in [-0.4, -0.2) is 9.78 Å². The summed E-state index contributed by atoms with van der Waals surface area (Å²) in [5.74, 6) is 0. The molecule has 0 bridgehead atoms. The molecule has 2 aromatic rings. The first-order valence-electron chi connectivity index (χ1n) is 6.30. The molecule has 20 heavy (non-hydrogen) atoms. The summed E-state index contributed by atoms with van der Waals surface area (Å²) in [7, 11) is 0. The minimum atomic E-state index is -4.42. The summed E-state index contributed by atoms with van der Waals surface area (Å²) in [6.07, 6.45) is -4.42. The van der Waals surface area contributed by atoms with E-state index in [1.165, 1.54) is 12.1 Å². The molecule has 108 valence electrons. The van der Waals surface area contributed by atoms with Crippen LogP contribution >= 0.6 is 0 Å². The van der Waals surface area contributed by atoms with E-state index in [0.29, 0.717) is 12.2 Å². The van der Waals surface area contributed by atoms with Gasteiger partial charge in [0, 0.05) is 6.54 Å². The highest BCUT2D eigenvalue weighted by Crippen LogP contribution is 2.35. The number of nitrogens with zero attached hydrogens (tertiary/aromatic N) is 2. The smallest absolute Gasteiger partial charge is 0.319 e. The van der Waals surface area contributed by atoms with E-state index in [1.807, 2.05) is 6.92 Å². The van der Waals surface area contributed by atoms with Crippen LogP contribution in [0.25, 0.3) is 0 Å². The molecule has 0 amide bonds. The summed E-state index contributed by atoms with van der Waals surface area (Å²) in [5.41, 5.74) is 6.73. The molecule has 0 saturated carbocycles. The van der Waals surface area contributed by atoms with Gasteiger partial charge in [0.25, 0.3) is 0 Å². The molecule has 1 aromatic heterocycles. The number of alkyl halides is 3. The van der Waals surface area contributed by atoms with Crippen molar-refractivity contribution in [3.05, 3.63) is 52.8 Å². The quantitative estimate of drug-likeness (QED) is 0.939. The summed E-state index contributed by atoms with van der Waals surface area (Å²) in [4.78, 5) is 0. The average Bonchev–Trinajstić information content (AvgIpc) is 2.78. The number of aryl methyl sites for hydroxylation is 2. The zero-order chi connectivity index (χ0) is 14.9. The molecule has 0 fully saturated rings. The molecule has 0 saturated heterocycles. The van der Waals surface area contributed by atoms with Crippen LogP contribution in [0.15, 0.2) is 30.3 Å².